The molecule has 1 N–H and O–H groups in total. The van der Waals surface area contributed by atoms with Gasteiger partial charge in [-0.25, -0.2) is 0 Å². The topological polar surface area (TPSA) is 69.7 Å². The Morgan fingerprint density at radius 2 is 2.00 bits per heavy atom. The number of rotatable bonds is 1. The zero-order chi connectivity index (χ0) is 17.9. The third-order valence-corrected chi connectivity index (χ3v) is 4.55. The van der Waals surface area contributed by atoms with Crippen molar-refractivity contribution in [3.63, 3.8) is 0 Å². The Morgan fingerprint density at radius 1 is 1.29 bits per heavy atom. The van der Waals surface area contributed by atoms with Crippen LogP contribution in [-0.2, 0) is 9.59 Å². The van der Waals surface area contributed by atoms with Crippen molar-refractivity contribution in [2.45, 2.75) is 26.8 Å². The molecule has 2 heterocycles. The van der Waals surface area contributed by atoms with Gasteiger partial charge in [0.05, 0.1) is 23.1 Å². The summed E-state index contributed by atoms with van der Waals surface area (Å²) >= 11 is 3.14. The summed E-state index contributed by atoms with van der Waals surface area (Å²) in [7, 11) is 0. The van der Waals surface area contributed by atoms with Gasteiger partial charge in [-0.15, -0.1) is 0 Å². The van der Waals surface area contributed by atoms with Gasteiger partial charge in [-0.2, -0.15) is 0 Å². The molecule has 0 aromatic heterocycles. The summed E-state index contributed by atoms with van der Waals surface area (Å²) in [5.41, 5.74) is 2.01. The van der Waals surface area contributed by atoms with E-state index in [9.17, 15) is 14.4 Å². The quantitative estimate of drug-likeness (QED) is 0.739. The molecule has 0 bridgehead atoms. The number of aryl methyl sites for hydroxylation is 1. The lowest BCUT2D eigenvalue weighted by atomic mass is 10.1. The zero-order valence-corrected chi connectivity index (χ0v) is 15.7. The number of amides is 3. The molecule has 2 aliphatic heterocycles. The maximum Gasteiger partial charge on any atom is 0.256 e. The first-order chi connectivity index (χ1) is 11.5. The molecule has 3 rings (SSSR count). The van der Waals surface area contributed by atoms with Gasteiger partial charge in [0.15, 0.2) is 0 Å². The van der Waals surface area contributed by atoms with E-state index in [1.54, 1.807) is 21.9 Å². The highest BCUT2D eigenvalue weighted by molar-refractivity contribution is 9.09. The molecular weight excluding hydrogens is 374 g/mol. The average molecular weight is 396 g/mol. The van der Waals surface area contributed by atoms with Crippen molar-refractivity contribution < 1.29 is 14.4 Å². The Morgan fingerprint density at radius 3 is 2.67 bits per heavy atom. The molecule has 1 unspecified atom stereocenters. The molecule has 6 nitrogen and oxygen atoms in total. The molecule has 1 atom stereocenters. The summed E-state index contributed by atoms with van der Waals surface area (Å²) in [6, 6.07) is 4.76. The summed E-state index contributed by atoms with van der Waals surface area (Å²) in [5, 5.41) is 3.02. The van der Waals surface area contributed by atoms with Crippen molar-refractivity contribution >= 4 is 39.3 Å². The average Bonchev–Trinajstić information content (AvgIpc) is 2.72. The highest BCUT2D eigenvalue weighted by Gasteiger charge is 2.40. The van der Waals surface area contributed by atoms with Gasteiger partial charge in [-0.05, 0) is 19.1 Å². The van der Waals surface area contributed by atoms with E-state index in [0.717, 1.165) is 5.56 Å². The normalized spacial score (nSPS) is 19.4. The molecule has 24 heavy (non-hydrogen) atoms. The number of piperazine rings is 1. The monoisotopic (exact) mass is 395 g/mol. The number of carbonyl (C=O) groups is 3. The van der Waals surface area contributed by atoms with E-state index in [-0.39, 0.29) is 29.6 Å². The van der Waals surface area contributed by atoms with Crippen LogP contribution in [0.1, 0.15) is 29.8 Å². The van der Waals surface area contributed by atoms with Crippen LogP contribution >= 0.6 is 15.9 Å². The van der Waals surface area contributed by atoms with Crippen molar-refractivity contribution in [1.29, 1.82) is 0 Å². The van der Waals surface area contributed by atoms with Crippen LogP contribution in [0.2, 0.25) is 0 Å². The minimum absolute atomic E-state index is 0.0718. The third kappa shape index (κ3) is 3.45. The minimum Gasteiger partial charge on any atom is -0.338 e. The largest absolute Gasteiger partial charge is 0.338 e. The SMILES string of the molecule is CC.Cc1ccc2c(c1)C(=O)N1CCN(C(=O)CBr)CC1C(=O)N2. The molecule has 2 aliphatic rings. The van der Waals surface area contributed by atoms with Gasteiger partial charge in [0, 0.05) is 13.1 Å². The Kier molecular flexibility index (Phi) is 5.99. The van der Waals surface area contributed by atoms with E-state index in [1.165, 1.54) is 0 Å². The zero-order valence-electron chi connectivity index (χ0n) is 14.1. The standard InChI is InChI=1S/C15H16BrN3O3.C2H6/c1-9-2-3-11-10(6-9)15(22)19-5-4-18(13(20)7-16)8-12(19)14(21)17-11;1-2/h2-3,6,12H,4-5,7-8H2,1H3,(H,17,21);1-2H3. The number of carbonyl (C=O) groups excluding carboxylic acids is 3. The summed E-state index contributed by atoms with van der Waals surface area (Å²) in [6.45, 7) is 6.95. The lowest BCUT2D eigenvalue weighted by molar-refractivity contribution is -0.133. The molecule has 1 fully saturated rings. The van der Waals surface area contributed by atoms with Gasteiger partial charge >= 0.3 is 0 Å². The highest BCUT2D eigenvalue weighted by atomic mass is 79.9. The van der Waals surface area contributed by atoms with Crippen molar-refractivity contribution in [3.8, 4) is 0 Å². The van der Waals surface area contributed by atoms with E-state index in [2.05, 4.69) is 21.2 Å². The number of alkyl halides is 1. The van der Waals surface area contributed by atoms with Crippen LogP contribution < -0.4 is 5.32 Å². The van der Waals surface area contributed by atoms with Crippen molar-refractivity contribution in [1.82, 2.24) is 9.80 Å². The summed E-state index contributed by atoms with van der Waals surface area (Å²) in [6.07, 6.45) is 0. The summed E-state index contributed by atoms with van der Waals surface area (Å²) in [4.78, 5) is 40.2. The Bertz CT molecular complexity index is 662. The molecule has 0 spiro atoms. The second-order valence-corrected chi connectivity index (χ2v) is 6.09. The molecule has 1 aromatic carbocycles. The Labute approximate surface area is 150 Å². The first kappa shape index (κ1) is 18.4. The van der Waals surface area contributed by atoms with Crippen molar-refractivity contribution in [3.05, 3.63) is 29.3 Å². The van der Waals surface area contributed by atoms with Crippen molar-refractivity contribution in [2.24, 2.45) is 0 Å². The molecular formula is C17H22BrN3O3. The molecule has 3 amide bonds. The molecule has 1 saturated heterocycles. The van der Waals surface area contributed by atoms with E-state index in [1.807, 2.05) is 26.8 Å². The van der Waals surface area contributed by atoms with Crippen LogP contribution in [0.15, 0.2) is 18.2 Å². The highest BCUT2D eigenvalue weighted by Crippen LogP contribution is 2.26. The minimum atomic E-state index is -0.642. The lowest BCUT2D eigenvalue weighted by Crippen LogP contribution is -2.59. The maximum atomic E-state index is 12.7. The first-order valence-corrected chi connectivity index (χ1v) is 9.19. The molecule has 1 aromatic rings. The number of hydrogen-bond acceptors (Lipinski definition) is 3. The van der Waals surface area contributed by atoms with Crippen LogP contribution in [-0.4, -0.2) is 58.5 Å². The fourth-order valence-corrected chi connectivity index (χ4v) is 3.23. The molecule has 0 aliphatic carbocycles. The number of benzene rings is 1. The van der Waals surface area contributed by atoms with E-state index in [4.69, 9.17) is 0 Å². The summed E-state index contributed by atoms with van der Waals surface area (Å²) in [5.74, 6) is -0.478. The van der Waals surface area contributed by atoms with Crippen LogP contribution in [0.4, 0.5) is 5.69 Å². The molecule has 0 radical (unpaired) electrons. The second-order valence-electron chi connectivity index (χ2n) is 5.53. The predicted molar refractivity (Wildman–Crippen MR) is 96.4 cm³/mol. The Balaban J connectivity index is 0.00000100. The van der Waals surface area contributed by atoms with E-state index < -0.39 is 6.04 Å². The number of anilines is 1. The fourth-order valence-electron chi connectivity index (χ4n) is 2.88. The van der Waals surface area contributed by atoms with Crippen LogP contribution in [0.5, 0.6) is 0 Å². The predicted octanol–water partition coefficient (Wildman–Crippen LogP) is 2.02. The second kappa shape index (κ2) is 7.79. The van der Waals surface area contributed by atoms with E-state index in [0.29, 0.717) is 24.3 Å². The summed E-state index contributed by atoms with van der Waals surface area (Å²) < 4.78 is 0. The molecule has 7 heteroatoms. The number of hydrogen-bond donors (Lipinski definition) is 1. The van der Waals surface area contributed by atoms with Crippen LogP contribution in [0.25, 0.3) is 0 Å². The molecule has 0 saturated carbocycles. The van der Waals surface area contributed by atoms with Crippen LogP contribution in [0, 0.1) is 6.92 Å². The van der Waals surface area contributed by atoms with Gasteiger partial charge in [-0.3, -0.25) is 14.4 Å². The molecule has 130 valence electrons. The number of fused-ring (bicyclic) bond motifs is 2. The van der Waals surface area contributed by atoms with Gasteiger partial charge in [-0.1, -0.05) is 41.4 Å². The van der Waals surface area contributed by atoms with Gasteiger partial charge in [0.2, 0.25) is 11.8 Å². The van der Waals surface area contributed by atoms with Crippen LogP contribution in [0.3, 0.4) is 0 Å². The number of nitrogens with one attached hydrogen (secondary N) is 1. The third-order valence-electron chi connectivity index (χ3n) is 4.07. The van der Waals surface area contributed by atoms with Gasteiger partial charge in [0.1, 0.15) is 6.04 Å². The van der Waals surface area contributed by atoms with E-state index >= 15 is 0 Å². The Hall–Kier alpha value is -1.89. The smallest absolute Gasteiger partial charge is 0.256 e. The van der Waals surface area contributed by atoms with Gasteiger partial charge < -0.3 is 15.1 Å². The van der Waals surface area contributed by atoms with Gasteiger partial charge in [0.25, 0.3) is 5.91 Å². The number of halogens is 1. The number of nitrogens with zero attached hydrogens (tertiary/aromatic N) is 2. The lowest BCUT2D eigenvalue weighted by Gasteiger charge is -2.39. The van der Waals surface area contributed by atoms with Crippen molar-refractivity contribution in [2.75, 3.05) is 30.3 Å². The maximum absolute atomic E-state index is 12.7. The first-order valence-electron chi connectivity index (χ1n) is 8.07. The fraction of sp³-hybridized carbons (Fsp3) is 0.471.